The molecule has 0 saturated carbocycles. The first-order chi connectivity index (χ1) is 14.0. The van der Waals surface area contributed by atoms with Crippen molar-refractivity contribution in [2.45, 2.75) is 25.8 Å². The van der Waals surface area contributed by atoms with Crippen LogP contribution < -0.4 is 19.7 Å². The number of hydrogen-bond donors (Lipinski definition) is 1. The second-order valence-electron chi connectivity index (χ2n) is 7.25. The van der Waals surface area contributed by atoms with Gasteiger partial charge in [-0.1, -0.05) is 30.7 Å². The summed E-state index contributed by atoms with van der Waals surface area (Å²) in [6.07, 6.45) is 0.942. The number of ether oxygens (including phenoxy) is 2. The zero-order valence-electron chi connectivity index (χ0n) is 16.2. The maximum Gasteiger partial charge on any atom is 0.227 e. The van der Waals surface area contributed by atoms with Crippen LogP contribution in [0.1, 0.15) is 31.4 Å². The molecule has 0 radical (unpaired) electrons. The topological polar surface area (TPSA) is 67.9 Å². The predicted octanol–water partition coefficient (Wildman–Crippen LogP) is 3.73. The van der Waals surface area contributed by atoms with Gasteiger partial charge in [0.05, 0.1) is 12.0 Å². The Kier molecular flexibility index (Phi) is 5.62. The average Bonchev–Trinajstić information content (AvgIpc) is 3.14. The summed E-state index contributed by atoms with van der Waals surface area (Å²) in [4.78, 5) is 27.1. The summed E-state index contributed by atoms with van der Waals surface area (Å²) in [6.45, 7) is 3.37. The van der Waals surface area contributed by atoms with Gasteiger partial charge in [0.15, 0.2) is 11.5 Å². The van der Waals surface area contributed by atoms with Crippen molar-refractivity contribution in [3.63, 3.8) is 0 Å². The summed E-state index contributed by atoms with van der Waals surface area (Å²) in [5.74, 6) is 0.733. The van der Waals surface area contributed by atoms with Crippen LogP contribution in [0.5, 0.6) is 11.5 Å². The number of halogens is 1. The number of rotatable bonds is 5. The van der Waals surface area contributed by atoms with Crippen LogP contribution in [0.3, 0.4) is 0 Å². The molecule has 2 heterocycles. The molecule has 6 nitrogen and oxygen atoms in total. The van der Waals surface area contributed by atoms with E-state index in [1.54, 1.807) is 17.0 Å². The van der Waals surface area contributed by atoms with Crippen LogP contribution in [0, 0.1) is 5.92 Å². The van der Waals surface area contributed by atoms with Gasteiger partial charge in [0, 0.05) is 29.7 Å². The Morgan fingerprint density at radius 1 is 1.17 bits per heavy atom. The SMILES string of the molecule is CCC(NC(=O)C1CC(=O)N(c2ccc3c(c2)OCCO3)C1)c1ccc(Cl)cc1. The molecule has 2 aliphatic heterocycles. The maximum absolute atomic E-state index is 12.8. The summed E-state index contributed by atoms with van der Waals surface area (Å²) in [6, 6.07) is 12.8. The lowest BCUT2D eigenvalue weighted by molar-refractivity contribution is -0.127. The molecule has 152 valence electrons. The molecule has 1 saturated heterocycles. The maximum atomic E-state index is 12.8. The van der Waals surface area contributed by atoms with Gasteiger partial charge in [-0.3, -0.25) is 9.59 Å². The van der Waals surface area contributed by atoms with Crippen molar-refractivity contribution in [2.24, 2.45) is 5.92 Å². The third kappa shape index (κ3) is 4.17. The molecule has 7 heteroatoms. The van der Waals surface area contributed by atoms with E-state index in [4.69, 9.17) is 21.1 Å². The molecule has 29 heavy (non-hydrogen) atoms. The lowest BCUT2D eigenvalue weighted by Crippen LogP contribution is -2.35. The highest BCUT2D eigenvalue weighted by molar-refractivity contribution is 6.30. The van der Waals surface area contributed by atoms with Gasteiger partial charge in [0.2, 0.25) is 11.8 Å². The Morgan fingerprint density at radius 2 is 1.90 bits per heavy atom. The third-order valence-corrected chi connectivity index (χ3v) is 5.58. The van der Waals surface area contributed by atoms with E-state index in [0.717, 1.165) is 17.7 Å². The Morgan fingerprint density at radius 3 is 2.62 bits per heavy atom. The van der Waals surface area contributed by atoms with Crippen molar-refractivity contribution in [3.05, 3.63) is 53.1 Å². The average molecular weight is 415 g/mol. The van der Waals surface area contributed by atoms with E-state index in [9.17, 15) is 9.59 Å². The van der Waals surface area contributed by atoms with E-state index in [1.165, 1.54) is 0 Å². The lowest BCUT2D eigenvalue weighted by Gasteiger charge is -2.23. The molecule has 0 aliphatic carbocycles. The molecule has 0 aromatic heterocycles. The summed E-state index contributed by atoms with van der Waals surface area (Å²) in [7, 11) is 0. The monoisotopic (exact) mass is 414 g/mol. The second kappa shape index (κ2) is 8.33. The molecule has 1 fully saturated rings. The Hall–Kier alpha value is -2.73. The summed E-state index contributed by atoms with van der Waals surface area (Å²) in [5.41, 5.74) is 1.72. The molecule has 4 rings (SSSR count). The molecule has 1 N–H and O–H groups in total. The number of fused-ring (bicyclic) bond motifs is 1. The molecule has 2 atom stereocenters. The van der Waals surface area contributed by atoms with Gasteiger partial charge < -0.3 is 19.7 Å². The van der Waals surface area contributed by atoms with Crippen LogP contribution in [0.25, 0.3) is 0 Å². The fraction of sp³-hybridized carbons (Fsp3) is 0.364. The van der Waals surface area contributed by atoms with Crippen LogP contribution >= 0.6 is 11.6 Å². The number of anilines is 1. The van der Waals surface area contributed by atoms with Gasteiger partial charge in [-0.05, 0) is 36.2 Å². The van der Waals surface area contributed by atoms with Crippen molar-refractivity contribution < 1.29 is 19.1 Å². The van der Waals surface area contributed by atoms with Crippen LogP contribution in [0.4, 0.5) is 5.69 Å². The fourth-order valence-electron chi connectivity index (χ4n) is 3.74. The van der Waals surface area contributed by atoms with E-state index in [1.807, 2.05) is 37.3 Å². The molecule has 2 aromatic carbocycles. The molecule has 2 unspecified atom stereocenters. The number of carbonyl (C=O) groups excluding carboxylic acids is 2. The Balaban J connectivity index is 1.44. The zero-order valence-corrected chi connectivity index (χ0v) is 16.9. The predicted molar refractivity (Wildman–Crippen MR) is 111 cm³/mol. The van der Waals surface area contributed by atoms with Crippen LogP contribution in [-0.2, 0) is 9.59 Å². The van der Waals surface area contributed by atoms with Gasteiger partial charge in [-0.15, -0.1) is 0 Å². The normalized spacial score (nSPS) is 19.2. The van der Waals surface area contributed by atoms with Gasteiger partial charge in [-0.2, -0.15) is 0 Å². The van der Waals surface area contributed by atoms with E-state index < -0.39 is 5.92 Å². The minimum absolute atomic E-state index is 0.0682. The van der Waals surface area contributed by atoms with Crippen LogP contribution in [-0.4, -0.2) is 31.6 Å². The summed E-state index contributed by atoms with van der Waals surface area (Å²) >= 11 is 5.96. The van der Waals surface area contributed by atoms with Crippen molar-refractivity contribution in [2.75, 3.05) is 24.7 Å². The highest BCUT2D eigenvalue weighted by Gasteiger charge is 2.36. The van der Waals surface area contributed by atoms with Gasteiger partial charge in [-0.25, -0.2) is 0 Å². The van der Waals surface area contributed by atoms with E-state index in [2.05, 4.69) is 5.32 Å². The highest BCUT2D eigenvalue weighted by atomic mass is 35.5. The van der Waals surface area contributed by atoms with Crippen molar-refractivity contribution in [3.8, 4) is 11.5 Å². The number of benzene rings is 2. The van der Waals surface area contributed by atoms with E-state index in [-0.39, 0.29) is 24.3 Å². The molecule has 2 aromatic rings. The van der Waals surface area contributed by atoms with Crippen LogP contribution in [0.2, 0.25) is 5.02 Å². The Bertz CT molecular complexity index is 916. The summed E-state index contributed by atoms with van der Waals surface area (Å²) in [5, 5.41) is 3.74. The Labute approximate surface area is 174 Å². The highest BCUT2D eigenvalue weighted by Crippen LogP contribution is 2.36. The van der Waals surface area contributed by atoms with Crippen LogP contribution in [0.15, 0.2) is 42.5 Å². The second-order valence-corrected chi connectivity index (χ2v) is 7.69. The van der Waals surface area contributed by atoms with Gasteiger partial charge >= 0.3 is 0 Å². The quantitative estimate of drug-likeness (QED) is 0.809. The van der Waals surface area contributed by atoms with Crippen molar-refractivity contribution in [1.29, 1.82) is 0 Å². The number of carbonyl (C=O) groups is 2. The molecule has 2 aliphatic rings. The third-order valence-electron chi connectivity index (χ3n) is 5.33. The van der Waals surface area contributed by atoms with E-state index in [0.29, 0.717) is 36.3 Å². The number of amides is 2. The van der Waals surface area contributed by atoms with E-state index >= 15 is 0 Å². The minimum atomic E-state index is -0.392. The first-order valence-corrected chi connectivity index (χ1v) is 10.2. The first kappa shape index (κ1) is 19.6. The molecule has 0 spiro atoms. The molecular formula is C22H23ClN2O4. The molecule has 0 bridgehead atoms. The van der Waals surface area contributed by atoms with Gasteiger partial charge in [0.25, 0.3) is 0 Å². The molecule has 2 amide bonds. The molecular weight excluding hydrogens is 392 g/mol. The lowest BCUT2D eigenvalue weighted by atomic mass is 10.0. The number of hydrogen-bond acceptors (Lipinski definition) is 4. The van der Waals surface area contributed by atoms with Gasteiger partial charge in [0.1, 0.15) is 13.2 Å². The fourth-order valence-corrected chi connectivity index (χ4v) is 3.86. The minimum Gasteiger partial charge on any atom is -0.486 e. The smallest absolute Gasteiger partial charge is 0.227 e. The standard InChI is InChI=1S/C22H23ClN2O4/c1-2-18(14-3-5-16(23)6-4-14)24-22(27)15-11-21(26)25(13-15)17-7-8-19-20(12-17)29-10-9-28-19/h3-8,12,15,18H,2,9-11,13H2,1H3,(H,24,27). The van der Waals surface area contributed by atoms with Crippen molar-refractivity contribution in [1.82, 2.24) is 5.32 Å². The van der Waals surface area contributed by atoms with Crippen molar-refractivity contribution >= 4 is 29.1 Å². The summed E-state index contributed by atoms with van der Waals surface area (Å²) < 4.78 is 11.1. The number of nitrogens with zero attached hydrogens (tertiary/aromatic N) is 1. The largest absolute Gasteiger partial charge is 0.486 e. The zero-order chi connectivity index (χ0) is 20.4. The first-order valence-electron chi connectivity index (χ1n) is 9.81. The number of nitrogens with one attached hydrogen (secondary N) is 1.